The smallest absolute Gasteiger partial charge is 0.125 e. The van der Waals surface area contributed by atoms with Crippen LogP contribution in [0.4, 0.5) is 5.82 Å². The maximum Gasteiger partial charge on any atom is 0.125 e. The minimum absolute atomic E-state index is 0.708. The Hall–Kier alpha value is -1.48. The third-order valence-electron chi connectivity index (χ3n) is 2.93. The lowest BCUT2D eigenvalue weighted by Crippen LogP contribution is -1.98. The second-order valence-corrected chi connectivity index (χ2v) is 4.58. The highest BCUT2D eigenvalue weighted by Crippen LogP contribution is 2.32. The molecule has 0 spiro atoms. The Kier molecular flexibility index (Phi) is 3.11. The van der Waals surface area contributed by atoms with E-state index in [1.54, 1.807) is 4.68 Å². The number of benzene rings is 1. The first kappa shape index (κ1) is 12.0. The fourth-order valence-corrected chi connectivity index (χ4v) is 2.28. The number of nitrogens with two attached hydrogens (primary N) is 1. The predicted octanol–water partition coefficient (Wildman–Crippen LogP) is 3.19. The molecule has 1 heterocycles. The van der Waals surface area contributed by atoms with Crippen LogP contribution in [0.1, 0.15) is 18.1 Å². The molecule has 0 aliphatic heterocycles. The minimum atomic E-state index is 0.708. The summed E-state index contributed by atoms with van der Waals surface area (Å²) in [7, 11) is 1.85. The zero-order chi connectivity index (χ0) is 12.6. The van der Waals surface area contributed by atoms with Crippen LogP contribution >= 0.6 is 11.6 Å². The summed E-state index contributed by atoms with van der Waals surface area (Å²) in [5.74, 6) is 0.708. The van der Waals surface area contributed by atoms with Crippen molar-refractivity contribution >= 4 is 17.4 Å². The summed E-state index contributed by atoms with van der Waals surface area (Å²) in [4.78, 5) is 0. The zero-order valence-corrected chi connectivity index (χ0v) is 11.0. The van der Waals surface area contributed by atoms with Crippen LogP contribution in [0.25, 0.3) is 11.3 Å². The van der Waals surface area contributed by atoms with E-state index in [0.29, 0.717) is 5.82 Å². The molecule has 2 rings (SSSR count). The van der Waals surface area contributed by atoms with Crippen LogP contribution in [0.15, 0.2) is 18.2 Å². The number of halogens is 1. The predicted molar refractivity (Wildman–Crippen MR) is 72.2 cm³/mol. The molecule has 3 nitrogen and oxygen atoms in total. The van der Waals surface area contributed by atoms with Gasteiger partial charge in [0.2, 0.25) is 0 Å². The molecule has 0 aliphatic carbocycles. The van der Waals surface area contributed by atoms with Gasteiger partial charge in [-0.3, -0.25) is 4.68 Å². The quantitative estimate of drug-likeness (QED) is 0.888. The van der Waals surface area contributed by atoms with E-state index < -0.39 is 0 Å². The molecule has 1 aromatic carbocycles. The number of aryl methyl sites for hydroxylation is 2. The molecule has 0 unspecified atom stereocenters. The van der Waals surface area contributed by atoms with Crippen molar-refractivity contribution in [3.8, 4) is 11.3 Å². The second kappa shape index (κ2) is 4.41. The number of anilines is 1. The van der Waals surface area contributed by atoms with Gasteiger partial charge in [0.25, 0.3) is 0 Å². The summed E-state index contributed by atoms with van der Waals surface area (Å²) < 4.78 is 1.70. The summed E-state index contributed by atoms with van der Waals surface area (Å²) in [6.07, 6.45) is 0.846. The van der Waals surface area contributed by atoms with Crippen molar-refractivity contribution in [1.29, 1.82) is 0 Å². The van der Waals surface area contributed by atoms with E-state index in [1.165, 1.54) is 0 Å². The van der Waals surface area contributed by atoms with Gasteiger partial charge in [0.15, 0.2) is 0 Å². The highest BCUT2D eigenvalue weighted by atomic mass is 35.5. The van der Waals surface area contributed by atoms with Gasteiger partial charge in [0.05, 0.1) is 10.7 Å². The van der Waals surface area contributed by atoms with Crippen LogP contribution < -0.4 is 5.73 Å². The van der Waals surface area contributed by atoms with Gasteiger partial charge in [-0.2, -0.15) is 5.10 Å². The van der Waals surface area contributed by atoms with E-state index in [0.717, 1.165) is 33.8 Å². The summed E-state index contributed by atoms with van der Waals surface area (Å²) in [6, 6.07) is 5.98. The van der Waals surface area contributed by atoms with Crippen LogP contribution in [0.2, 0.25) is 5.02 Å². The Morgan fingerprint density at radius 3 is 2.71 bits per heavy atom. The van der Waals surface area contributed by atoms with Crippen molar-refractivity contribution < 1.29 is 0 Å². The Labute approximate surface area is 106 Å². The van der Waals surface area contributed by atoms with E-state index in [-0.39, 0.29) is 0 Å². The molecule has 0 atom stereocenters. The molecule has 0 radical (unpaired) electrons. The molecule has 2 N–H and O–H groups in total. The lowest BCUT2D eigenvalue weighted by atomic mass is 10.0. The largest absolute Gasteiger partial charge is 0.384 e. The average molecular weight is 250 g/mol. The monoisotopic (exact) mass is 249 g/mol. The van der Waals surface area contributed by atoms with E-state index in [4.69, 9.17) is 17.3 Å². The number of hydrogen-bond donors (Lipinski definition) is 1. The van der Waals surface area contributed by atoms with E-state index >= 15 is 0 Å². The number of rotatable bonds is 2. The molecule has 0 amide bonds. The van der Waals surface area contributed by atoms with Crippen molar-refractivity contribution in [3.63, 3.8) is 0 Å². The average Bonchev–Trinajstić information content (AvgIpc) is 2.55. The van der Waals surface area contributed by atoms with Crippen LogP contribution in [0.5, 0.6) is 0 Å². The van der Waals surface area contributed by atoms with Gasteiger partial charge in [-0.25, -0.2) is 0 Å². The number of nitrogens with zero attached hydrogens (tertiary/aromatic N) is 2. The molecule has 0 bridgehead atoms. The molecular formula is C13H16ClN3. The van der Waals surface area contributed by atoms with Crippen LogP contribution in [0, 0.1) is 6.92 Å². The highest BCUT2D eigenvalue weighted by Gasteiger charge is 2.15. The Balaban J connectivity index is 2.64. The van der Waals surface area contributed by atoms with Crippen LogP contribution in [-0.4, -0.2) is 9.78 Å². The molecule has 90 valence electrons. The van der Waals surface area contributed by atoms with Gasteiger partial charge in [-0.1, -0.05) is 30.7 Å². The molecule has 0 aliphatic rings. The molecule has 0 fully saturated rings. The fraction of sp³-hybridized carbons (Fsp3) is 0.308. The van der Waals surface area contributed by atoms with Gasteiger partial charge in [0.1, 0.15) is 5.82 Å². The van der Waals surface area contributed by atoms with Gasteiger partial charge >= 0.3 is 0 Å². The maximum absolute atomic E-state index is 6.26. The van der Waals surface area contributed by atoms with Crippen LogP contribution in [0.3, 0.4) is 0 Å². The lowest BCUT2D eigenvalue weighted by Gasteiger charge is -2.04. The van der Waals surface area contributed by atoms with Crippen molar-refractivity contribution in [3.05, 3.63) is 34.3 Å². The maximum atomic E-state index is 6.26. The molecule has 0 saturated carbocycles. The van der Waals surface area contributed by atoms with E-state index in [9.17, 15) is 0 Å². The number of hydrogen-bond acceptors (Lipinski definition) is 2. The third kappa shape index (κ3) is 2.03. The standard InChI is InChI=1S/C13H16ClN3/c1-4-9-12(16-17(3)13(9)15)10-6-5-8(2)7-11(10)14/h5-7H,4,15H2,1-3H3. The lowest BCUT2D eigenvalue weighted by molar-refractivity contribution is 0.781. The number of nitrogen functional groups attached to an aromatic ring is 1. The zero-order valence-electron chi connectivity index (χ0n) is 10.3. The summed E-state index contributed by atoms with van der Waals surface area (Å²) >= 11 is 6.26. The van der Waals surface area contributed by atoms with E-state index in [1.807, 2.05) is 32.2 Å². The Morgan fingerprint density at radius 1 is 1.41 bits per heavy atom. The summed E-state index contributed by atoms with van der Waals surface area (Å²) in [6.45, 7) is 4.09. The first-order chi connectivity index (χ1) is 8.04. The van der Waals surface area contributed by atoms with Crippen LogP contribution in [-0.2, 0) is 13.5 Å². The Morgan fingerprint density at radius 2 is 2.12 bits per heavy atom. The summed E-state index contributed by atoms with van der Waals surface area (Å²) in [5.41, 5.74) is 10.0. The van der Waals surface area contributed by atoms with Crippen molar-refractivity contribution in [2.75, 3.05) is 5.73 Å². The molecule has 17 heavy (non-hydrogen) atoms. The van der Waals surface area contributed by atoms with E-state index in [2.05, 4.69) is 12.0 Å². The molecular weight excluding hydrogens is 234 g/mol. The first-order valence-corrected chi connectivity index (χ1v) is 6.00. The SMILES string of the molecule is CCc1c(-c2ccc(C)cc2Cl)nn(C)c1N. The topological polar surface area (TPSA) is 43.8 Å². The second-order valence-electron chi connectivity index (χ2n) is 4.17. The van der Waals surface area contributed by atoms with Gasteiger partial charge in [-0.05, 0) is 25.0 Å². The summed E-state index contributed by atoms with van der Waals surface area (Å²) in [5, 5.41) is 5.17. The van der Waals surface area contributed by atoms with Crippen molar-refractivity contribution in [2.24, 2.45) is 7.05 Å². The van der Waals surface area contributed by atoms with Crippen molar-refractivity contribution in [1.82, 2.24) is 9.78 Å². The van der Waals surface area contributed by atoms with Gasteiger partial charge in [-0.15, -0.1) is 0 Å². The third-order valence-corrected chi connectivity index (χ3v) is 3.24. The number of aromatic nitrogens is 2. The normalized spacial score (nSPS) is 10.8. The van der Waals surface area contributed by atoms with Crippen molar-refractivity contribution in [2.45, 2.75) is 20.3 Å². The molecule has 0 saturated heterocycles. The van der Waals surface area contributed by atoms with Gasteiger partial charge < -0.3 is 5.73 Å². The minimum Gasteiger partial charge on any atom is -0.384 e. The highest BCUT2D eigenvalue weighted by molar-refractivity contribution is 6.33. The fourth-order valence-electron chi connectivity index (χ4n) is 1.96. The molecule has 1 aromatic heterocycles. The first-order valence-electron chi connectivity index (χ1n) is 5.62. The molecule has 4 heteroatoms. The van der Waals surface area contributed by atoms with Gasteiger partial charge in [0, 0.05) is 18.2 Å². The Bertz CT molecular complexity index is 558. The molecule has 2 aromatic rings.